The van der Waals surface area contributed by atoms with Gasteiger partial charge in [0.05, 0.1) is 11.4 Å². The van der Waals surface area contributed by atoms with Gasteiger partial charge in [0.2, 0.25) is 0 Å². The highest BCUT2D eigenvalue weighted by Crippen LogP contribution is 2.42. The average molecular weight is 337 g/mol. The van der Waals surface area contributed by atoms with Crippen LogP contribution in [0, 0.1) is 13.8 Å². The molecule has 0 radical (unpaired) electrons. The van der Waals surface area contributed by atoms with Crippen molar-refractivity contribution in [1.82, 2.24) is 4.57 Å². The molecule has 132 valence electrons. The van der Waals surface area contributed by atoms with Gasteiger partial charge < -0.3 is 9.67 Å². The van der Waals surface area contributed by atoms with Crippen LogP contribution in [0.2, 0.25) is 0 Å². The van der Waals surface area contributed by atoms with E-state index in [1.807, 2.05) is 39.3 Å². The quantitative estimate of drug-likeness (QED) is 0.795. The molecule has 0 N–H and O–H groups in total. The average Bonchev–Trinajstić information content (AvgIpc) is 2.96. The molecular formula is C21H25N2O2-. The summed E-state index contributed by atoms with van der Waals surface area (Å²) in [5.41, 5.74) is 8.29. The van der Waals surface area contributed by atoms with E-state index < -0.39 is 0 Å². The van der Waals surface area contributed by atoms with Crippen LogP contribution in [0.4, 0.5) is 0 Å². The molecule has 0 amide bonds. The lowest BCUT2D eigenvalue weighted by Gasteiger charge is -2.32. The predicted octanol–water partition coefficient (Wildman–Crippen LogP) is 3.31. The van der Waals surface area contributed by atoms with E-state index >= 15 is 0 Å². The monoisotopic (exact) mass is 337 g/mol. The standard InChI is InChI=1S/C21H26N2O2/c1-8-14-10(3)18(22-12(14)5)16-20(24)17(21(16)25)19-11(4)15(9-2)13(6)23(19)7/h24H,8-9H2,1-7H3/p-1. The lowest BCUT2D eigenvalue weighted by atomic mass is 9.82. The third-order valence-corrected chi connectivity index (χ3v) is 5.70. The van der Waals surface area contributed by atoms with Gasteiger partial charge >= 0.3 is 0 Å². The third kappa shape index (κ3) is 2.20. The maximum absolute atomic E-state index is 12.9. The van der Waals surface area contributed by atoms with Crippen molar-refractivity contribution in [2.75, 3.05) is 0 Å². The molecule has 0 fully saturated rings. The van der Waals surface area contributed by atoms with E-state index in [2.05, 4.69) is 18.8 Å². The lowest BCUT2D eigenvalue weighted by molar-refractivity contribution is -0.297. The van der Waals surface area contributed by atoms with Crippen LogP contribution >= 0.6 is 0 Å². The van der Waals surface area contributed by atoms with E-state index in [-0.39, 0.29) is 17.1 Å². The fourth-order valence-corrected chi connectivity index (χ4v) is 4.23. The third-order valence-electron chi connectivity index (χ3n) is 5.70. The molecule has 4 nitrogen and oxygen atoms in total. The first-order valence-corrected chi connectivity index (χ1v) is 8.87. The Morgan fingerprint density at radius 3 is 2.12 bits per heavy atom. The summed E-state index contributed by atoms with van der Waals surface area (Å²) in [6.07, 6.45) is 1.74. The Morgan fingerprint density at radius 1 is 1.04 bits per heavy atom. The predicted molar refractivity (Wildman–Crippen MR) is 99.3 cm³/mol. The van der Waals surface area contributed by atoms with Crippen molar-refractivity contribution in [2.24, 2.45) is 12.0 Å². The molecule has 1 aromatic rings. The number of carbonyl (C=O) groups excluding carboxylic acids is 1. The molecule has 0 saturated heterocycles. The first-order valence-electron chi connectivity index (χ1n) is 8.87. The zero-order chi connectivity index (χ0) is 18.6. The summed E-state index contributed by atoms with van der Waals surface area (Å²) in [5.74, 6) is -0.334. The van der Waals surface area contributed by atoms with Gasteiger partial charge in [0.1, 0.15) is 0 Å². The summed E-state index contributed by atoms with van der Waals surface area (Å²) in [4.78, 5) is 17.4. The van der Waals surface area contributed by atoms with Crippen LogP contribution in [0.1, 0.15) is 56.6 Å². The zero-order valence-electron chi connectivity index (χ0n) is 16.1. The number of Topliss-reactive ketones (excluding diaryl/α,β-unsaturated/α-hetero) is 1. The number of allylic oxidation sites excluding steroid dienone is 4. The molecule has 1 aromatic heterocycles. The smallest absolute Gasteiger partial charge is 0.196 e. The maximum Gasteiger partial charge on any atom is 0.196 e. The van der Waals surface area contributed by atoms with Crippen molar-refractivity contribution in [3.05, 3.63) is 50.7 Å². The number of ketones is 1. The second-order valence-corrected chi connectivity index (χ2v) is 6.86. The number of hydrogen-bond donors (Lipinski definition) is 0. The van der Waals surface area contributed by atoms with Crippen LogP contribution in [0.3, 0.4) is 0 Å². The number of carbonyl (C=O) groups is 1. The Bertz CT molecular complexity index is 934. The first-order chi connectivity index (χ1) is 11.8. The topological polar surface area (TPSA) is 57.4 Å². The van der Waals surface area contributed by atoms with Crippen LogP contribution in [0.5, 0.6) is 0 Å². The number of nitrogens with zero attached hydrogens (tertiary/aromatic N) is 2. The van der Waals surface area contributed by atoms with Crippen LogP contribution in [-0.4, -0.2) is 16.1 Å². The minimum Gasteiger partial charge on any atom is -0.871 e. The molecule has 0 unspecified atom stereocenters. The molecule has 0 bridgehead atoms. The summed E-state index contributed by atoms with van der Waals surface area (Å²) in [6, 6.07) is 0. The largest absolute Gasteiger partial charge is 0.871 e. The van der Waals surface area contributed by atoms with Gasteiger partial charge in [0, 0.05) is 29.6 Å². The van der Waals surface area contributed by atoms with Gasteiger partial charge in [-0.05, 0) is 62.8 Å². The number of hydrogen-bond acceptors (Lipinski definition) is 3. The molecule has 0 spiro atoms. The van der Waals surface area contributed by atoms with Crippen LogP contribution in [0.15, 0.2) is 33.2 Å². The second-order valence-electron chi connectivity index (χ2n) is 6.86. The van der Waals surface area contributed by atoms with E-state index in [1.54, 1.807) is 0 Å². The van der Waals surface area contributed by atoms with Gasteiger partial charge in [-0.15, -0.1) is 0 Å². The van der Waals surface area contributed by atoms with Gasteiger partial charge in [-0.25, -0.2) is 0 Å². The second kappa shape index (κ2) is 5.87. The van der Waals surface area contributed by atoms with Gasteiger partial charge in [-0.1, -0.05) is 19.6 Å². The van der Waals surface area contributed by atoms with E-state index in [4.69, 9.17) is 0 Å². The Morgan fingerprint density at radius 2 is 1.68 bits per heavy atom. The molecule has 0 atom stereocenters. The van der Waals surface area contributed by atoms with Crippen molar-refractivity contribution in [1.29, 1.82) is 0 Å². The minimum absolute atomic E-state index is 0.167. The summed E-state index contributed by atoms with van der Waals surface area (Å²) in [7, 11) is 1.92. The molecule has 4 heteroatoms. The van der Waals surface area contributed by atoms with Gasteiger partial charge in [-0.2, -0.15) is 0 Å². The Labute approximate surface area is 149 Å². The lowest BCUT2D eigenvalue weighted by Crippen LogP contribution is -2.31. The van der Waals surface area contributed by atoms with Crippen LogP contribution < -0.4 is 5.11 Å². The van der Waals surface area contributed by atoms with Gasteiger partial charge in [-0.3, -0.25) is 9.79 Å². The Hall–Kier alpha value is -2.36. The fraction of sp³-hybridized carbons (Fsp3) is 0.429. The van der Waals surface area contributed by atoms with Crippen molar-refractivity contribution in [2.45, 2.75) is 54.4 Å². The Kier molecular flexibility index (Phi) is 4.10. The van der Waals surface area contributed by atoms with Gasteiger partial charge in [0.25, 0.3) is 0 Å². The van der Waals surface area contributed by atoms with E-state index in [9.17, 15) is 9.90 Å². The highest BCUT2D eigenvalue weighted by Gasteiger charge is 2.36. The SMILES string of the molecule is CCC1=C(C)C(=C2C(=O)C(c3c(C)c(CC)c(C)n3C)=C2[O-])N=C1C. The summed E-state index contributed by atoms with van der Waals surface area (Å²) >= 11 is 0. The number of aliphatic imine (C=N–C) groups is 1. The first kappa shape index (κ1) is 17.5. The molecule has 0 saturated carbocycles. The molecule has 2 heterocycles. The molecule has 2 aliphatic rings. The fourth-order valence-electron chi connectivity index (χ4n) is 4.23. The summed E-state index contributed by atoms with van der Waals surface area (Å²) in [5, 5.41) is 12.9. The molecule has 1 aliphatic heterocycles. The molecule has 0 aromatic carbocycles. The maximum atomic E-state index is 12.9. The summed E-state index contributed by atoms with van der Waals surface area (Å²) in [6.45, 7) is 12.1. The molecule has 3 rings (SSSR count). The van der Waals surface area contributed by atoms with Crippen LogP contribution in [0.25, 0.3) is 5.57 Å². The Balaban J connectivity index is 2.20. The molecule has 1 aliphatic carbocycles. The number of rotatable bonds is 3. The van der Waals surface area contributed by atoms with E-state index in [1.165, 1.54) is 5.56 Å². The van der Waals surface area contributed by atoms with Crippen molar-refractivity contribution in [3.8, 4) is 0 Å². The van der Waals surface area contributed by atoms with Crippen LogP contribution in [-0.2, 0) is 18.3 Å². The van der Waals surface area contributed by atoms with Crippen molar-refractivity contribution in [3.63, 3.8) is 0 Å². The zero-order valence-corrected chi connectivity index (χ0v) is 16.1. The highest BCUT2D eigenvalue weighted by atomic mass is 16.3. The highest BCUT2D eigenvalue weighted by molar-refractivity contribution is 6.39. The van der Waals surface area contributed by atoms with E-state index in [0.29, 0.717) is 11.3 Å². The van der Waals surface area contributed by atoms with E-state index in [0.717, 1.165) is 46.7 Å². The molecule has 25 heavy (non-hydrogen) atoms. The van der Waals surface area contributed by atoms with Crippen molar-refractivity contribution >= 4 is 17.1 Å². The molecular weight excluding hydrogens is 312 g/mol. The van der Waals surface area contributed by atoms with Gasteiger partial charge in [0.15, 0.2) is 5.78 Å². The summed E-state index contributed by atoms with van der Waals surface area (Å²) < 4.78 is 1.98. The van der Waals surface area contributed by atoms with Crippen molar-refractivity contribution < 1.29 is 9.90 Å². The number of aromatic nitrogens is 1. The minimum atomic E-state index is -0.167. The normalized spacial score (nSPS) is 20.6.